The number of carbonyl (C=O) groups is 1. The van der Waals surface area contributed by atoms with E-state index in [4.69, 9.17) is 9.47 Å². The summed E-state index contributed by atoms with van der Waals surface area (Å²) < 4.78 is 10.3. The van der Waals surface area contributed by atoms with Crippen LogP contribution in [0.5, 0.6) is 0 Å². The molecule has 2 rings (SSSR count). The molecule has 80 valence electrons. The first kappa shape index (κ1) is 10.2. The van der Waals surface area contributed by atoms with Crippen molar-refractivity contribution in [3.05, 3.63) is 35.9 Å². The third-order valence-corrected chi connectivity index (χ3v) is 2.38. The Bertz CT molecular complexity index is 334. The molecule has 15 heavy (non-hydrogen) atoms. The first-order valence-electron chi connectivity index (χ1n) is 5.17. The van der Waals surface area contributed by atoms with Gasteiger partial charge in [0.15, 0.2) is 0 Å². The Balaban J connectivity index is 1.84. The number of epoxide rings is 1. The van der Waals surface area contributed by atoms with Gasteiger partial charge in [0.1, 0.15) is 6.10 Å². The van der Waals surface area contributed by atoms with Crippen LogP contribution in [0.3, 0.4) is 0 Å². The molecule has 3 heteroatoms. The zero-order valence-corrected chi connectivity index (χ0v) is 8.68. The molecule has 1 aliphatic heterocycles. The second kappa shape index (κ2) is 4.45. The lowest BCUT2D eigenvalue weighted by Crippen LogP contribution is -2.07. The van der Waals surface area contributed by atoms with Gasteiger partial charge in [-0.3, -0.25) is 4.79 Å². The molecule has 1 aromatic carbocycles. The molecule has 1 heterocycles. The van der Waals surface area contributed by atoms with Crippen molar-refractivity contribution in [3.63, 3.8) is 0 Å². The highest BCUT2D eigenvalue weighted by Gasteiger charge is 2.41. The Hall–Kier alpha value is -1.35. The van der Waals surface area contributed by atoms with Gasteiger partial charge in [-0.2, -0.15) is 0 Å². The van der Waals surface area contributed by atoms with Gasteiger partial charge in [0, 0.05) is 0 Å². The highest BCUT2D eigenvalue weighted by molar-refractivity contribution is 5.70. The molecule has 0 aromatic heterocycles. The van der Waals surface area contributed by atoms with Crippen molar-refractivity contribution in [1.29, 1.82) is 0 Å². The number of esters is 1. The molecule has 0 amide bonds. The van der Waals surface area contributed by atoms with Gasteiger partial charge in [-0.05, 0) is 12.5 Å². The summed E-state index contributed by atoms with van der Waals surface area (Å²) >= 11 is 0. The third kappa shape index (κ3) is 2.57. The quantitative estimate of drug-likeness (QED) is 0.559. The Morgan fingerprint density at radius 1 is 1.40 bits per heavy atom. The lowest BCUT2D eigenvalue weighted by Gasteiger charge is -1.98. The minimum atomic E-state index is -0.180. The molecule has 2 unspecified atom stereocenters. The van der Waals surface area contributed by atoms with E-state index in [0.717, 1.165) is 5.56 Å². The van der Waals surface area contributed by atoms with Gasteiger partial charge in [-0.15, -0.1) is 0 Å². The number of hydrogen-bond donors (Lipinski definition) is 0. The molecule has 1 fully saturated rings. The Morgan fingerprint density at radius 2 is 2.13 bits per heavy atom. The second-order valence-electron chi connectivity index (χ2n) is 3.51. The lowest BCUT2D eigenvalue weighted by atomic mass is 10.1. The molecule has 0 radical (unpaired) electrons. The van der Waals surface area contributed by atoms with Crippen LogP contribution in [-0.4, -0.2) is 18.7 Å². The van der Waals surface area contributed by atoms with Gasteiger partial charge in [0.25, 0.3) is 0 Å². The van der Waals surface area contributed by atoms with Gasteiger partial charge in [0.2, 0.25) is 0 Å². The lowest BCUT2D eigenvalue weighted by molar-refractivity contribution is -0.143. The molecule has 0 spiro atoms. The van der Waals surface area contributed by atoms with Crippen LogP contribution in [0.25, 0.3) is 0 Å². The van der Waals surface area contributed by atoms with Crippen molar-refractivity contribution in [2.24, 2.45) is 0 Å². The van der Waals surface area contributed by atoms with Crippen LogP contribution in [0.15, 0.2) is 30.3 Å². The fourth-order valence-electron chi connectivity index (χ4n) is 1.62. The largest absolute Gasteiger partial charge is 0.466 e. The average molecular weight is 206 g/mol. The summed E-state index contributed by atoms with van der Waals surface area (Å²) in [4.78, 5) is 11.2. The smallest absolute Gasteiger partial charge is 0.308 e. The predicted octanol–water partition coefficient (Wildman–Crippen LogP) is 2.08. The zero-order chi connectivity index (χ0) is 10.7. The van der Waals surface area contributed by atoms with Crippen LogP contribution in [0.1, 0.15) is 25.0 Å². The van der Waals surface area contributed by atoms with Gasteiger partial charge in [-0.1, -0.05) is 30.3 Å². The summed E-state index contributed by atoms with van der Waals surface area (Å²) in [6.45, 7) is 2.24. The van der Waals surface area contributed by atoms with Crippen LogP contribution >= 0.6 is 0 Å². The zero-order valence-electron chi connectivity index (χ0n) is 8.68. The SMILES string of the molecule is CCOC(=O)CC1OC1c1ccccc1. The molecule has 1 aromatic rings. The molecule has 2 atom stereocenters. The Morgan fingerprint density at radius 3 is 2.80 bits per heavy atom. The van der Waals surface area contributed by atoms with E-state index in [2.05, 4.69) is 0 Å². The van der Waals surface area contributed by atoms with Crippen molar-refractivity contribution >= 4 is 5.97 Å². The summed E-state index contributed by atoms with van der Waals surface area (Å²) in [7, 11) is 0. The highest BCUT2D eigenvalue weighted by Crippen LogP contribution is 2.40. The van der Waals surface area contributed by atoms with Crippen molar-refractivity contribution in [1.82, 2.24) is 0 Å². The van der Waals surface area contributed by atoms with Crippen LogP contribution in [-0.2, 0) is 14.3 Å². The summed E-state index contributed by atoms with van der Waals surface area (Å²) in [5.41, 5.74) is 1.13. The summed E-state index contributed by atoms with van der Waals surface area (Å²) in [5, 5.41) is 0. The second-order valence-corrected chi connectivity index (χ2v) is 3.51. The molecule has 1 saturated heterocycles. The molecule has 3 nitrogen and oxygen atoms in total. The molecule has 1 aliphatic rings. The number of hydrogen-bond acceptors (Lipinski definition) is 3. The van der Waals surface area contributed by atoms with Crippen LogP contribution < -0.4 is 0 Å². The molecule has 0 aliphatic carbocycles. The minimum absolute atomic E-state index is 0.00597. The first-order chi connectivity index (χ1) is 7.31. The molecule has 0 N–H and O–H groups in total. The van der Waals surface area contributed by atoms with E-state index in [9.17, 15) is 4.79 Å². The van der Waals surface area contributed by atoms with E-state index in [1.54, 1.807) is 6.92 Å². The van der Waals surface area contributed by atoms with Gasteiger partial charge < -0.3 is 9.47 Å². The topological polar surface area (TPSA) is 38.8 Å². The predicted molar refractivity (Wildman–Crippen MR) is 55.3 cm³/mol. The summed E-state index contributed by atoms with van der Waals surface area (Å²) in [6.07, 6.45) is 0.440. The van der Waals surface area contributed by atoms with E-state index in [1.165, 1.54) is 0 Å². The van der Waals surface area contributed by atoms with Gasteiger partial charge in [-0.25, -0.2) is 0 Å². The minimum Gasteiger partial charge on any atom is -0.466 e. The number of benzene rings is 1. The molecular weight excluding hydrogens is 192 g/mol. The normalized spacial score (nSPS) is 23.5. The van der Waals surface area contributed by atoms with E-state index in [1.807, 2.05) is 30.3 Å². The maximum atomic E-state index is 11.2. The third-order valence-electron chi connectivity index (χ3n) is 2.38. The average Bonchev–Trinajstić information content (AvgIpc) is 2.99. The Labute approximate surface area is 89.0 Å². The molecule has 0 saturated carbocycles. The highest BCUT2D eigenvalue weighted by atomic mass is 16.6. The number of ether oxygens (including phenoxy) is 2. The monoisotopic (exact) mass is 206 g/mol. The standard InChI is InChI=1S/C12H14O3/c1-2-14-11(13)8-10-12(15-10)9-6-4-3-5-7-9/h3-7,10,12H,2,8H2,1H3. The Kier molecular flexibility index (Phi) is 3.02. The molecule has 0 bridgehead atoms. The van der Waals surface area contributed by atoms with Crippen LogP contribution in [0.2, 0.25) is 0 Å². The van der Waals surface area contributed by atoms with Crippen molar-refractivity contribution in [3.8, 4) is 0 Å². The van der Waals surface area contributed by atoms with Gasteiger partial charge in [0.05, 0.1) is 19.1 Å². The number of carbonyl (C=O) groups excluding carboxylic acids is 1. The fraction of sp³-hybridized carbons (Fsp3) is 0.417. The maximum Gasteiger partial charge on any atom is 0.308 e. The van der Waals surface area contributed by atoms with E-state index < -0.39 is 0 Å². The maximum absolute atomic E-state index is 11.2. The van der Waals surface area contributed by atoms with Gasteiger partial charge >= 0.3 is 5.97 Å². The van der Waals surface area contributed by atoms with Crippen molar-refractivity contribution in [2.45, 2.75) is 25.6 Å². The van der Waals surface area contributed by atoms with Crippen molar-refractivity contribution < 1.29 is 14.3 Å². The summed E-state index contributed by atoms with van der Waals surface area (Å²) in [5.74, 6) is -0.180. The van der Waals surface area contributed by atoms with E-state index >= 15 is 0 Å². The summed E-state index contributed by atoms with van der Waals surface area (Å²) in [6, 6.07) is 9.93. The van der Waals surface area contributed by atoms with Crippen molar-refractivity contribution in [2.75, 3.05) is 6.61 Å². The van der Waals surface area contributed by atoms with E-state index in [-0.39, 0.29) is 18.2 Å². The fourth-order valence-corrected chi connectivity index (χ4v) is 1.62. The molecular formula is C12H14O3. The van der Waals surface area contributed by atoms with Crippen LogP contribution in [0.4, 0.5) is 0 Å². The van der Waals surface area contributed by atoms with E-state index in [0.29, 0.717) is 13.0 Å². The van der Waals surface area contributed by atoms with Crippen LogP contribution in [0, 0.1) is 0 Å². The number of rotatable bonds is 4. The first-order valence-corrected chi connectivity index (χ1v) is 5.17.